The zero-order valence-electron chi connectivity index (χ0n) is 18.4. The number of unbranched alkanes of at least 4 members (excludes halogenated alkanes) is 7. The number of benzene rings is 1. The number of carbonyl (C=O) groups excluding carboxylic acids is 2. The standard InChI is InChI=1S/C23H34N4O3.ClH/c1-26-20-16-17(10-8-6-4-2-3-5-7-9-15-24)11-12-18(20)27(23(26)30)19-13-14-21(28)25-22(19)29;/h11-12,16,19H,2-10,13-15,24H2,1H3,(H,25,28,29);1H. The minimum atomic E-state index is -0.630. The van der Waals surface area contributed by atoms with Crippen LogP contribution in [0, 0.1) is 0 Å². The van der Waals surface area contributed by atoms with Gasteiger partial charge in [0.25, 0.3) is 0 Å². The van der Waals surface area contributed by atoms with Crippen LogP contribution >= 0.6 is 12.4 Å². The number of fused-ring (bicyclic) bond motifs is 1. The Balaban J connectivity index is 0.00000341. The average Bonchev–Trinajstić information content (AvgIpc) is 2.97. The number of aromatic nitrogens is 2. The summed E-state index contributed by atoms with van der Waals surface area (Å²) < 4.78 is 3.13. The van der Waals surface area contributed by atoms with E-state index in [1.165, 1.54) is 48.7 Å². The Hall–Kier alpha value is -2.12. The number of halogens is 1. The van der Waals surface area contributed by atoms with Crippen molar-refractivity contribution in [3.63, 3.8) is 0 Å². The van der Waals surface area contributed by atoms with Gasteiger partial charge in [0.05, 0.1) is 11.0 Å². The summed E-state index contributed by atoms with van der Waals surface area (Å²) in [7, 11) is 1.74. The van der Waals surface area contributed by atoms with Gasteiger partial charge in [-0.2, -0.15) is 0 Å². The summed E-state index contributed by atoms with van der Waals surface area (Å²) in [6.45, 7) is 0.798. The zero-order chi connectivity index (χ0) is 21.5. The molecule has 2 amide bonds. The number of nitrogens with two attached hydrogens (primary N) is 1. The Kier molecular flexibility index (Phi) is 9.78. The molecule has 0 bridgehead atoms. The van der Waals surface area contributed by atoms with E-state index in [0.717, 1.165) is 36.8 Å². The summed E-state index contributed by atoms with van der Waals surface area (Å²) >= 11 is 0. The highest BCUT2D eigenvalue weighted by molar-refractivity contribution is 6.00. The van der Waals surface area contributed by atoms with Crippen LogP contribution in [0.3, 0.4) is 0 Å². The molecule has 0 aliphatic carbocycles. The number of imide groups is 1. The van der Waals surface area contributed by atoms with Crippen LogP contribution in [0.15, 0.2) is 23.0 Å². The smallest absolute Gasteiger partial charge is 0.329 e. The number of hydrogen-bond acceptors (Lipinski definition) is 4. The first-order chi connectivity index (χ1) is 14.5. The number of carbonyl (C=O) groups is 2. The molecule has 1 unspecified atom stereocenters. The van der Waals surface area contributed by atoms with E-state index < -0.39 is 11.9 Å². The molecule has 3 rings (SSSR count). The van der Waals surface area contributed by atoms with Crippen molar-refractivity contribution in [1.29, 1.82) is 0 Å². The van der Waals surface area contributed by atoms with Crippen molar-refractivity contribution >= 4 is 35.3 Å². The minimum Gasteiger partial charge on any atom is -0.330 e. The molecule has 2 aromatic rings. The highest BCUT2D eigenvalue weighted by Gasteiger charge is 2.31. The summed E-state index contributed by atoms with van der Waals surface area (Å²) in [5.41, 5.74) is 8.09. The fourth-order valence-electron chi connectivity index (χ4n) is 4.33. The molecule has 1 saturated heterocycles. The van der Waals surface area contributed by atoms with Crippen molar-refractivity contribution in [3.05, 3.63) is 34.2 Å². The lowest BCUT2D eigenvalue weighted by Crippen LogP contribution is -2.44. The topological polar surface area (TPSA) is 99.1 Å². The van der Waals surface area contributed by atoms with Crippen LogP contribution in [-0.4, -0.2) is 27.5 Å². The lowest BCUT2D eigenvalue weighted by atomic mass is 10.0. The first-order valence-electron chi connectivity index (χ1n) is 11.3. The number of nitrogens with one attached hydrogen (secondary N) is 1. The number of piperidine rings is 1. The van der Waals surface area contributed by atoms with E-state index in [9.17, 15) is 14.4 Å². The van der Waals surface area contributed by atoms with Gasteiger partial charge in [0.1, 0.15) is 6.04 Å². The second kappa shape index (κ2) is 12.1. The van der Waals surface area contributed by atoms with Gasteiger partial charge in [-0.15, -0.1) is 12.4 Å². The molecule has 0 spiro atoms. The normalized spacial score (nSPS) is 16.4. The van der Waals surface area contributed by atoms with E-state index >= 15 is 0 Å². The lowest BCUT2D eigenvalue weighted by molar-refractivity contribution is -0.135. The van der Waals surface area contributed by atoms with Gasteiger partial charge >= 0.3 is 5.69 Å². The quantitative estimate of drug-likeness (QED) is 0.405. The fraction of sp³-hybridized carbons (Fsp3) is 0.609. The predicted octanol–water partition coefficient (Wildman–Crippen LogP) is 3.36. The summed E-state index contributed by atoms with van der Waals surface area (Å²) in [5, 5.41) is 2.35. The molecule has 1 aromatic carbocycles. The summed E-state index contributed by atoms with van der Waals surface area (Å²) in [5.74, 6) is -0.671. The first-order valence-corrected chi connectivity index (χ1v) is 11.3. The number of amides is 2. The summed E-state index contributed by atoms with van der Waals surface area (Å²) in [4.78, 5) is 36.5. The third kappa shape index (κ3) is 6.20. The lowest BCUT2D eigenvalue weighted by Gasteiger charge is -2.21. The predicted molar refractivity (Wildman–Crippen MR) is 126 cm³/mol. The molecule has 2 heterocycles. The Morgan fingerprint density at radius 2 is 1.61 bits per heavy atom. The number of imidazole rings is 1. The van der Waals surface area contributed by atoms with E-state index in [4.69, 9.17) is 5.73 Å². The second-order valence-corrected chi connectivity index (χ2v) is 8.37. The van der Waals surface area contributed by atoms with E-state index in [0.29, 0.717) is 6.42 Å². The molecule has 172 valence electrons. The molecule has 0 saturated carbocycles. The highest BCUT2D eigenvalue weighted by Crippen LogP contribution is 2.24. The minimum absolute atomic E-state index is 0. The van der Waals surface area contributed by atoms with Crippen LogP contribution in [0.4, 0.5) is 0 Å². The molecule has 7 nitrogen and oxygen atoms in total. The third-order valence-electron chi connectivity index (χ3n) is 6.10. The number of rotatable bonds is 11. The second-order valence-electron chi connectivity index (χ2n) is 8.37. The Morgan fingerprint density at radius 3 is 2.26 bits per heavy atom. The Bertz CT molecular complexity index is 950. The fourth-order valence-corrected chi connectivity index (χ4v) is 4.33. The molecule has 1 aliphatic heterocycles. The van der Waals surface area contributed by atoms with Gasteiger partial charge in [0.15, 0.2) is 0 Å². The van der Waals surface area contributed by atoms with Gasteiger partial charge in [-0.05, 0) is 49.9 Å². The maximum absolute atomic E-state index is 12.8. The third-order valence-corrected chi connectivity index (χ3v) is 6.10. The van der Waals surface area contributed by atoms with Gasteiger partial charge in [0.2, 0.25) is 11.8 Å². The van der Waals surface area contributed by atoms with E-state index in [1.54, 1.807) is 11.6 Å². The van der Waals surface area contributed by atoms with Gasteiger partial charge in [-0.3, -0.25) is 24.0 Å². The molecule has 0 radical (unpaired) electrons. The highest BCUT2D eigenvalue weighted by atomic mass is 35.5. The van der Waals surface area contributed by atoms with Crippen molar-refractivity contribution < 1.29 is 9.59 Å². The van der Waals surface area contributed by atoms with Gasteiger partial charge in [-0.1, -0.05) is 44.6 Å². The van der Waals surface area contributed by atoms with E-state index in [1.807, 2.05) is 6.07 Å². The van der Waals surface area contributed by atoms with E-state index in [-0.39, 0.29) is 30.4 Å². The van der Waals surface area contributed by atoms with Crippen molar-refractivity contribution in [2.75, 3.05) is 6.54 Å². The molecule has 8 heteroatoms. The van der Waals surface area contributed by atoms with Crippen LogP contribution in [0.1, 0.15) is 75.8 Å². The van der Waals surface area contributed by atoms with Crippen LogP contribution in [0.25, 0.3) is 11.0 Å². The van der Waals surface area contributed by atoms with Crippen LogP contribution in [-0.2, 0) is 23.1 Å². The van der Waals surface area contributed by atoms with Crippen molar-refractivity contribution in [2.45, 2.75) is 76.7 Å². The Labute approximate surface area is 189 Å². The zero-order valence-corrected chi connectivity index (χ0v) is 19.2. The summed E-state index contributed by atoms with van der Waals surface area (Å²) in [6.07, 6.45) is 11.4. The van der Waals surface area contributed by atoms with Crippen LogP contribution < -0.4 is 16.7 Å². The number of hydrogen-bond donors (Lipinski definition) is 2. The average molecular weight is 451 g/mol. The largest absolute Gasteiger partial charge is 0.330 e. The van der Waals surface area contributed by atoms with Crippen molar-refractivity contribution in [1.82, 2.24) is 14.5 Å². The molecule has 1 fully saturated rings. The maximum Gasteiger partial charge on any atom is 0.329 e. The molecular formula is C23H35ClN4O3. The van der Waals surface area contributed by atoms with Gasteiger partial charge in [-0.25, -0.2) is 4.79 Å². The SMILES string of the molecule is Cl.Cn1c(=O)n(C2CCC(=O)NC2=O)c2ccc(CCCCCCCCCCN)cc21. The molecule has 1 aliphatic rings. The molecule has 31 heavy (non-hydrogen) atoms. The summed E-state index contributed by atoms with van der Waals surface area (Å²) in [6, 6.07) is 5.42. The Morgan fingerprint density at radius 1 is 0.968 bits per heavy atom. The van der Waals surface area contributed by atoms with Crippen molar-refractivity contribution in [3.8, 4) is 0 Å². The van der Waals surface area contributed by atoms with Gasteiger partial charge < -0.3 is 5.73 Å². The maximum atomic E-state index is 12.8. The van der Waals surface area contributed by atoms with E-state index in [2.05, 4.69) is 17.4 Å². The first kappa shape index (κ1) is 25.1. The molecular weight excluding hydrogens is 416 g/mol. The van der Waals surface area contributed by atoms with Crippen LogP contribution in [0.2, 0.25) is 0 Å². The monoisotopic (exact) mass is 450 g/mol. The number of nitrogens with zero attached hydrogens (tertiary/aromatic N) is 2. The van der Waals surface area contributed by atoms with Gasteiger partial charge in [0, 0.05) is 13.5 Å². The van der Waals surface area contributed by atoms with Crippen molar-refractivity contribution in [2.24, 2.45) is 12.8 Å². The number of aryl methyl sites for hydroxylation is 2. The molecule has 3 N–H and O–H groups in total. The molecule has 1 aromatic heterocycles. The molecule has 1 atom stereocenters. The van der Waals surface area contributed by atoms with Crippen LogP contribution in [0.5, 0.6) is 0 Å².